The Hall–Kier alpha value is -0.540. The number of benzene rings is 1. The van der Waals surface area contributed by atoms with E-state index in [0.717, 1.165) is 29.6 Å². The van der Waals surface area contributed by atoms with Gasteiger partial charge in [0.15, 0.2) is 0 Å². The van der Waals surface area contributed by atoms with Crippen molar-refractivity contribution >= 4 is 15.9 Å². The van der Waals surface area contributed by atoms with Crippen molar-refractivity contribution in [3.8, 4) is 5.75 Å². The summed E-state index contributed by atoms with van der Waals surface area (Å²) in [5, 5.41) is 0. The summed E-state index contributed by atoms with van der Waals surface area (Å²) in [5.74, 6) is 1.45. The minimum atomic E-state index is 0.549. The van der Waals surface area contributed by atoms with E-state index in [9.17, 15) is 0 Å². The molecular formula is C12H18BrNO. The van der Waals surface area contributed by atoms with Crippen molar-refractivity contribution in [1.82, 2.24) is 0 Å². The molecule has 0 heterocycles. The van der Waals surface area contributed by atoms with Crippen LogP contribution < -0.4 is 10.5 Å². The standard InChI is InChI=1S/C12H18BrNO/c1-3-9(8-14)6-10-7-11(15-2)4-5-12(10)13/h4-5,7,9H,3,6,8,14H2,1-2H3. The van der Waals surface area contributed by atoms with Gasteiger partial charge in [0.05, 0.1) is 7.11 Å². The van der Waals surface area contributed by atoms with E-state index >= 15 is 0 Å². The van der Waals surface area contributed by atoms with Crippen molar-refractivity contribution < 1.29 is 4.74 Å². The molecule has 0 saturated carbocycles. The lowest BCUT2D eigenvalue weighted by Crippen LogP contribution is -2.16. The van der Waals surface area contributed by atoms with Gasteiger partial charge in [-0.3, -0.25) is 0 Å². The number of methoxy groups -OCH3 is 1. The van der Waals surface area contributed by atoms with Gasteiger partial charge in [0.1, 0.15) is 5.75 Å². The maximum absolute atomic E-state index is 5.71. The summed E-state index contributed by atoms with van der Waals surface area (Å²) in [4.78, 5) is 0. The van der Waals surface area contributed by atoms with Crippen LogP contribution in [0.3, 0.4) is 0 Å². The van der Waals surface area contributed by atoms with Crippen LogP contribution in [0.15, 0.2) is 22.7 Å². The number of nitrogens with two attached hydrogens (primary N) is 1. The molecule has 1 aromatic rings. The molecule has 1 atom stereocenters. The predicted octanol–water partition coefficient (Wildman–Crippen LogP) is 2.99. The Morgan fingerprint density at radius 1 is 1.47 bits per heavy atom. The molecule has 0 fully saturated rings. The van der Waals surface area contributed by atoms with Crippen molar-refractivity contribution in [1.29, 1.82) is 0 Å². The average Bonchev–Trinajstić information content (AvgIpc) is 2.28. The Kier molecular flexibility index (Phi) is 5.12. The molecule has 2 N–H and O–H groups in total. The molecule has 0 aliphatic heterocycles. The van der Waals surface area contributed by atoms with Crippen LogP contribution in [0.4, 0.5) is 0 Å². The van der Waals surface area contributed by atoms with E-state index in [0.29, 0.717) is 5.92 Å². The Balaban J connectivity index is 2.82. The predicted molar refractivity (Wildman–Crippen MR) is 67.2 cm³/mol. The molecule has 1 rings (SSSR count). The van der Waals surface area contributed by atoms with E-state index in [1.165, 1.54) is 5.56 Å². The van der Waals surface area contributed by atoms with Crippen LogP contribution in [0.25, 0.3) is 0 Å². The number of halogens is 1. The molecule has 0 bridgehead atoms. The quantitative estimate of drug-likeness (QED) is 0.894. The van der Waals surface area contributed by atoms with Crippen molar-refractivity contribution in [3.63, 3.8) is 0 Å². The first kappa shape index (κ1) is 12.5. The van der Waals surface area contributed by atoms with Crippen molar-refractivity contribution in [3.05, 3.63) is 28.2 Å². The number of rotatable bonds is 5. The van der Waals surface area contributed by atoms with E-state index in [1.54, 1.807) is 7.11 Å². The number of hydrogen-bond acceptors (Lipinski definition) is 2. The summed E-state index contributed by atoms with van der Waals surface area (Å²) in [6.07, 6.45) is 2.12. The number of ether oxygens (including phenoxy) is 1. The van der Waals surface area contributed by atoms with E-state index in [-0.39, 0.29) is 0 Å². The molecule has 3 heteroatoms. The van der Waals surface area contributed by atoms with E-state index in [1.807, 2.05) is 12.1 Å². The van der Waals surface area contributed by atoms with Crippen LogP contribution in [0.5, 0.6) is 5.75 Å². The Morgan fingerprint density at radius 3 is 2.73 bits per heavy atom. The first-order valence-corrected chi connectivity index (χ1v) is 6.03. The fraction of sp³-hybridized carbons (Fsp3) is 0.500. The van der Waals surface area contributed by atoms with Gasteiger partial charge in [-0.25, -0.2) is 0 Å². The van der Waals surface area contributed by atoms with Crippen LogP contribution in [-0.2, 0) is 6.42 Å². The topological polar surface area (TPSA) is 35.2 Å². The highest BCUT2D eigenvalue weighted by atomic mass is 79.9. The fourth-order valence-corrected chi connectivity index (χ4v) is 1.95. The molecule has 2 nitrogen and oxygen atoms in total. The smallest absolute Gasteiger partial charge is 0.119 e. The van der Waals surface area contributed by atoms with Crippen LogP contribution >= 0.6 is 15.9 Å². The zero-order valence-electron chi connectivity index (χ0n) is 9.29. The summed E-state index contributed by atoms with van der Waals surface area (Å²) in [6.45, 7) is 2.91. The van der Waals surface area contributed by atoms with Gasteiger partial charge < -0.3 is 10.5 Å². The van der Waals surface area contributed by atoms with Gasteiger partial charge in [-0.2, -0.15) is 0 Å². The van der Waals surface area contributed by atoms with E-state index in [4.69, 9.17) is 10.5 Å². The maximum Gasteiger partial charge on any atom is 0.119 e. The van der Waals surface area contributed by atoms with Gasteiger partial charge in [-0.15, -0.1) is 0 Å². The van der Waals surface area contributed by atoms with Gasteiger partial charge in [-0.1, -0.05) is 29.3 Å². The van der Waals surface area contributed by atoms with Crippen LogP contribution in [0, 0.1) is 5.92 Å². The molecule has 0 saturated heterocycles. The first-order valence-electron chi connectivity index (χ1n) is 5.23. The SMILES string of the molecule is CCC(CN)Cc1cc(OC)ccc1Br. The molecule has 1 aromatic carbocycles. The van der Waals surface area contributed by atoms with Crippen LogP contribution in [0.2, 0.25) is 0 Å². The monoisotopic (exact) mass is 271 g/mol. The van der Waals surface area contributed by atoms with Crippen LogP contribution in [0.1, 0.15) is 18.9 Å². The minimum Gasteiger partial charge on any atom is -0.497 e. The summed E-state index contributed by atoms with van der Waals surface area (Å²) in [6, 6.07) is 6.05. The summed E-state index contributed by atoms with van der Waals surface area (Å²) >= 11 is 3.55. The first-order chi connectivity index (χ1) is 7.21. The summed E-state index contributed by atoms with van der Waals surface area (Å²) in [7, 11) is 1.69. The van der Waals surface area contributed by atoms with E-state index in [2.05, 4.69) is 28.9 Å². The lowest BCUT2D eigenvalue weighted by Gasteiger charge is -2.14. The summed E-state index contributed by atoms with van der Waals surface area (Å²) in [5.41, 5.74) is 6.98. The molecule has 0 aliphatic rings. The highest BCUT2D eigenvalue weighted by molar-refractivity contribution is 9.10. The molecule has 0 aliphatic carbocycles. The van der Waals surface area contributed by atoms with Gasteiger partial charge in [-0.05, 0) is 42.6 Å². The highest BCUT2D eigenvalue weighted by Gasteiger charge is 2.09. The second-order valence-electron chi connectivity index (χ2n) is 3.67. The van der Waals surface area contributed by atoms with E-state index < -0.39 is 0 Å². The van der Waals surface area contributed by atoms with Gasteiger partial charge in [0.2, 0.25) is 0 Å². The molecule has 0 radical (unpaired) electrons. The zero-order valence-corrected chi connectivity index (χ0v) is 10.9. The van der Waals surface area contributed by atoms with Gasteiger partial charge in [0.25, 0.3) is 0 Å². The second kappa shape index (κ2) is 6.13. The fourth-order valence-electron chi connectivity index (χ4n) is 1.54. The summed E-state index contributed by atoms with van der Waals surface area (Å²) < 4.78 is 6.34. The second-order valence-corrected chi connectivity index (χ2v) is 4.53. The number of hydrogen-bond donors (Lipinski definition) is 1. The minimum absolute atomic E-state index is 0.549. The van der Waals surface area contributed by atoms with Crippen molar-refractivity contribution in [2.45, 2.75) is 19.8 Å². The lowest BCUT2D eigenvalue weighted by molar-refractivity contribution is 0.413. The van der Waals surface area contributed by atoms with Gasteiger partial charge in [0, 0.05) is 4.47 Å². The third kappa shape index (κ3) is 3.50. The van der Waals surface area contributed by atoms with Gasteiger partial charge >= 0.3 is 0 Å². The zero-order chi connectivity index (χ0) is 11.3. The molecule has 15 heavy (non-hydrogen) atoms. The Labute approximate surface area is 99.9 Å². The van der Waals surface area contributed by atoms with Crippen molar-refractivity contribution in [2.24, 2.45) is 11.7 Å². The molecule has 0 spiro atoms. The molecule has 0 amide bonds. The average molecular weight is 272 g/mol. The lowest BCUT2D eigenvalue weighted by atomic mass is 9.97. The highest BCUT2D eigenvalue weighted by Crippen LogP contribution is 2.25. The van der Waals surface area contributed by atoms with Crippen LogP contribution in [-0.4, -0.2) is 13.7 Å². The third-order valence-corrected chi connectivity index (χ3v) is 3.45. The normalized spacial score (nSPS) is 12.5. The molecular weight excluding hydrogens is 254 g/mol. The molecule has 1 unspecified atom stereocenters. The maximum atomic E-state index is 5.71. The third-order valence-electron chi connectivity index (χ3n) is 2.67. The molecule has 84 valence electrons. The Morgan fingerprint density at radius 2 is 2.20 bits per heavy atom. The Bertz CT molecular complexity index is 310. The van der Waals surface area contributed by atoms with Crippen molar-refractivity contribution in [2.75, 3.05) is 13.7 Å². The molecule has 0 aromatic heterocycles. The largest absolute Gasteiger partial charge is 0.497 e.